The fraction of sp³-hybridized carbons (Fsp3) is 0.750. The number of hydrogen-bond donors (Lipinski definition) is 1. The van der Waals surface area contributed by atoms with Crippen molar-refractivity contribution in [1.82, 2.24) is 14.7 Å². The average molecular weight is 504 g/mol. The molecule has 0 saturated carbocycles. The SMILES string of the molecule is C=CCN(C)C(=O)[C@H]1[C@H]2C(=O)N([C@@H](CC)CO)C(C(=O)N(CC=C)CCCCC)C23CC[C@]1(CC)O3. The molecule has 2 unspecified atom stereocenters. The lowest BCUT2D eigenvalue weighted by atomic mass is 9.64. The number of hydrogen-bond acceptors (Lipinski definition) is 5. The van der Waals surface area contributed by atoms with E-state index in [9.17, 15) is 19.5 Å². The van der Waals surface area contributed by atoms with Gasteiger partial charge in [-0.05, 0) is 32.1 Å². The Kier molecular flexibility index (Phi) is 9.04. The second-order valence-corrected chi connectivity index (χ2v) is 10.6. The predicted molar refractivity (Wildman–Crippen MR) is 139 cm³/mol. The van der Waals surface area contributed by atoms with Gasteiger partial charge in [0, 0.05) is 26.7 Å². The van der Waals surface area contributed by atoms with Crippen LogP contribution in [0.15, 0.2) is 25.3 Å². The normalized spacial score (nSPS) is 31.3. The maximum absolute atomic E-state index is 14.3. The van der Waals surface area contributed by atoms with Crippen LogP contribution in [0.5, 0.6) is 0 Å². The van der Waals surface area contributed by atoms with Gasteiger partial charge in [0.2, 0.25) is 17.7 Å². The van der Waals surface area contributed by atoms with E-state index in [0.717, 1.165) is 19.3 Å². The van der Waals surface area contributed by atoms with E-state index < -0.39 is 35.1 Å². The van der Waals surface area contributed by atoms with Gasteiger partial charge < -0.3 is 24.5 Å². The summed E-state index contributed by atoms with van der Waals surface area (Å²) in [6.45, 7) is 14.7. The summed E-state index contributed by atoms with van der Waals surface area (Å²) in [6.07, 6.45) is 8.51. The number of amides is 3. The standard InChI is InChI=1S/C28H45N3O5/c1-7-12-13-18-30(17-9-3)26(35)23-28-15-14-27(11-5,36-28)21(24(33)29(6)16-8-2)22(28)25(34)31(23)20(10-4)19-32/h8-9,20-23,32H,2-3,7,10-19H2,1,4-6H3/t20-,21+,22-,23?,27-,28?/m0/s1. The van der Waals surface area contributed by atoms with Crippen molar-refractivity contribution in [3.05, 3.63) is 25.3 Å². The molecule has 8 nitrogen and oxygen atoms in total. The molecule has 3 amide bonds. The van der Waals surface area contributed by atoms with Gasteiger partial charge in [-0.2, -0.15) is 0 Å². The summed E-state index contributed by atoms with van der Waals surface area (Å²) in [7, 11) is 1.72. The van der Waals surface area contributed by atoms with Crippen molar-refractivity contribution in [1.29, 1.82) is 0 Å². The Balaban J connectivity index is 2.11. The molecule has 2 bridgehead atoms. The zero-order valence-corrected chi connectivity index (χ0v) is 22.6. The van der Waals surface area contributed by atoms with Crippen LogP contribution >= 0.6 is 0 Å². The summed E-state index contributed by atoms with van der Waals surface area (Å²) >= 11 is 0. The zero-order chi connectivity index (χ0) is 26.7. The third-order valence-electron chi connectivity index (χ3n) is 8.67. The highest BCUT2D eigenvalue weighted by Gasteiger charge is 2.79. The van der Waals surface area contributed by atoms with Gasteiger partial charge in [-0.25, -0.2) is 0 Å². The molecule has 0 aromatic carbocycles. The Morgan fingerprint density at radius 1 is 1.17 bits per heavy atom. The van der Waals surface area contributed by atoms with Crippen molar-refractivity contribution < 1.29 is 24.2 Å². The third-order valence-corrected chi connectivity index (χ3v) is 8.67. The Morgan fingerprint density at radius 2 is 1.86 bits per heavy atom. The minimum Gasteiger partial charge on any atom is -0.394 e. The van der Waals surface area contributed by atoms with E-state index in [4.69, 9.17) is 4.74 Å². The van der Waals surface area contributed by atoms with Crippen LogP contribution in [0.3, 0.4) is 0 Å². The number of likely N-dealkylation sites (N-methyl/N-ethyl adjacent to an activating group) is 1. The van der Waals surface area contributed by atoms with Crippen LogP contribution < -0.4 is 0 Å². The first-order chi connectivity index (χ1) is 17.2. The molecule has 3 aliphatic heterocycles. The van der Waals surface area contributed by atoms with Gasteiger partial charge in [-0.15, -0.1) is 13.2 Å². The van der Waals surface area contributed by atoms with Gasteiger partial charge in [-0.3, -0.25) is 14.4 Å². The van der Waals surface area contributed by atoms with Crippen LogP contribution in [0.4, 0.5) is 0 Å². The van der Waals surface area contributed by atoms with E-state index in [1.807, 2.05) is 13.8 Å². The maximum Gasteiger partial charge on any atom is 0.248 e. The quantitative estimate of drug-likeness (QED) is 0.291. The molecule has 3 aliphatic rings. The molecular formula is C28H45N3O5. The minimum atomic E-state index is -1.08. The average Bonchev–Trinajstić information content (AvgIpc) is 3.48. The summed E-state index contributed by atoms with van der Waals surface area (Å²) in [4.78, 5) is 47.1. The first-order valence-electron chi connectivity index (χ1n) is 13.6. The highest BCUT2D eigenvalue weighted by molar-refractivity contribution is 5.99. The molecule has 0 aromatic rings. The second kappa shape index (κ2) is 11.5. The van der Waals surface area contributed by atoms with Gasteiger partial charge >= 0.3 is 0 Å². The number of carbonyl (C=O) groups is 3. The minimum absolute atomic E-state index is 0.146. The molecule has 36 heavy (non-hydrogen) atoms. The Morgan fingerprint density at radius 3 is 2.42 bits per heavy atom. The van der Waals surface area contributed by atoms with Crippen LogP contribution in [0, 0.1) is 11.8 Å². The van der Waals surface area contributed by atoms with Crippen LogP contribution in [-0.4, -0.2) is 94.1 Å². The van der Waals surface area contributed by atoms with Gasteiger partial charge in [-0.1, -0.05) is 45.8 Å². The molecule has 0 aliphatic carbocycles. The topological polar surface area (TPSA) is 90.4 Å². The molecule has 6 atom stereocenters. The second-order valence-electron chi connectivity index (χ2n) is 10.6. The van der Waals surface area contributed by atoms with E-state index in [0.29, 0.717) is 45.3 Å². The van der Waals surface area contributed by atoms with E-state index in [2.05, 4.69) is 20.1 Å². The highest BCUT2D eigenvalue weighted by atomic mass is 16.5. The number of aliphatic hydroxyl groups excluding tert-OH is 1. The van der Waals surface area contributed by atoms with Crippen molar-refractivity contribution in [3.8, 4) is 0 Å². The number of aliphatic hydroxyl groups is 1. The highest BCUT2D eigenvalue weighted by Crippen LogP contribution is 2.65. The molecule has 3 rings (SSSR count). The number of unbranched alkanes of at least 4 members (excludes halogenated alkanes) is 2. The van der Waals surface area contributed by atoms with Crippen molar-refractivity contribution in [2.24, 2.45) is 11.8 Å². The first-order valence-corrected chi connectivity index (χ1v) is 13.6. The number of nitrogens with zero attached hydrogens (tertiary/aromatic N) is 3. The number of likely N-dealkylation sites (tertiary alicyclic amines) is 1. The molecule has 202 valence electrons. The van der Waals surface area contributed by atoms with E-state index in [1.54, 1.807) is 33.9 Å². The molecule has 3 heterocycles. The molecule has 1 spiro atoms. The summed E-state index contributed by atoms with van der Waals surface area (Å²) < 4.78 is 6.82. The smallest absolute Gasteiger partial charge is 0.248 e. The van der Waals surface area contributed by atoms with Crippen molar-refractivity contribution in [3.63, 3.8) is 0 Å². The lowest BCUT2D eigenvalue weighted by Gasteiger charge is -2.39. The number of ether oxygens (including phenoxy) is 1. The van der Waals surface area contributed by atoms with Gasteiger partial charge in [0.05, 0.1) is 30.1 Å². The summed E-state index contributed by atoms with van der Waals surface area (Å²) in [6, 6.07) is -1.39. The summed E-state index contributed by atoms with van der Waals surface area (Å²) in [5, 5.41) is 10.2. The fourth-order valence-corrected chi connectivity index (χ4v) is 6.81. The van der Waals surface area contributed by atoms with Crippen LogP contribution in [0.25, 0.3) is 0 Å². The lowest BCUT2D eigenvalue weighted by molar-refractivity contribution is -0.157. The Hall–Kier alpha value is -2.19. The molecule has 0 radical (unpaired) electrons. The maximum atomic E-state index is 14.3. The molecular weight excluding hydrogens is 458 g/mol. The molecule has 1 N–H and O–H groups in total. The third kappa shape index (κ3) is 4.40. The van der Waals surface area contributed by atoms with Gasteiger partial charge in [0.25, 0.3) is 0 Å². The number of rotatable bonds is 14. The fourth-order valence-electron chi connectivity index (χ4n) is 6.81. The van der Waals surface area contributed by atoms with Crippen molar-refractivity contribution in [2.75, 3.05) is 33.3 Å². The van der Waals surface area contributed by atoms with E-state index in [-0.39, 0.29) is 24.3 Å². The van der Waals surface area contributed by atoms with E-state index >= 15 is 0 Å². The number of fused-ring (bicyclic) bond motifs is 1. The first kappa shape index (κ1) is 28.4. The molecule has 3 saturated heterocycles. The van der Waals surface area contributed by atoms with Crippen LogP contribution in [0.2, 0.25) is 0 Å². The molecule has 8 heteroatoms. The Labute approximate surface area is 216 Å². The lowest BCUT2D eigenvalue weighted by Crippen LogP contribution is -2.59. The largest absolute Gasteiger partial charge is 0.394 e. The van der Waals surface area contributed by atoms with E-state index in [1.165, 1.54) is 0 Å². The summed E-state index contributed by atoms with van der Waals surface area (Å²) in [5.74, 6) is -1.98. The molecule has 3 fully saturated rings. The van der Waals surface area contributed by atoms with Crippen molar-refractivity contribution in [2.45, 2.75) is 89.0 Å². The van der Waals surface area contributed by atoms with Crippen LogP contribution in [-0.2, 0) is 19.1 Å². The summed E-state index contributed by atoms with van der Waals surface area (Å²) in [5.41, 5.74) is -1.85. The molecule has 0 aromatic heterocycles. The zero-order valence-electron chi connectivity index (χ0n) is 22.6. The van der Waals surface area contributed by atoms with Gasteiger partial charge in [0.1, 0.15) is 11.6 Å². The predicted octanol–water partition coefficient (Wildman–Crippen LogP) is 2.76. The van der Waals surface area contributed by atoms with Gasteiger partial charge in [0.15, 0.2) is 0 Å². The number of carbonyl (C=O) groups excluding carboxylic acids is 3. The van der Waals surface area contributed by atoms with Crippen molar-refractivity contribution >= 4 is 17.7 Å². The van der Waals surface area contributed by atoms with Crippen LogP contribution in [0.1, 0.15) is 65.7 Å². The monoisotopic (exact) mass is 503 g/mol. The Bertz CT molecular complexity index is 858.